The molecule has 0 saturated carbocycles. The Morgan fingerprint density at radius 3 is 2.38 bits per heavy atom. The average Bonchev–Trinajstić information content (AvgIpc) is 2.23. The Hall–Kier alpha value is -1.65. The fraction of sp³-hybridized carbons (Fsp3) is 0. The topological polar surface area (TPSA) is 54.4 Å². The van der Waals surface area contributed by atoms with Gasteiger partial charge in [0.2, 0.25) is 0 Å². The van der Waals surface area contributed by atoms with Crippen LogP contribution >= 0.6 is 0 Å². The summed E-state index contributed by atoms with van der Waals surface area (Å²) in [6.07, 6.45) is 0. The van der Waals surface area contributed by atoms with Gasteiger partial charge in [0.1, 0.15) is 4.90 Å². The van der Waals surface area contributed by atoms with Crippen molar-refractivity contribution < 1.29 is 13.0 Å². The van der Waals surface area contributed by atoms with Gasteiger partial charge in [-0.05, 0) is 16.7 Å². The molecule has 2 aromatic rings. The fourth-order valence-electron chi connectivity index (χ4n) is 2.05. The fourth-order valence-corrected chi connectivity index (χ4v) is 2.74. The lowest BCUT2D eigenvalue weighted by atomic mass is 9.81. The third-order valence-corrected chi connectivity index (χ3v) is 3.54. The highest BCUT2D eigenvalue weighted by Gasteiger charge is 2.28. The molecule has 0 heterocycles. The van der Waals surface area contributed by atoms with Crippen LogP contribution in [0.1, 0.15) is 0 Å². The van der Waals surface area contributed by atoms with Crippen LogP contribution in [0.4, 0.5) is 0 Å². The first-order valence-electron chi connectivity index (χ1n) is 4.71. The minimum atomic E-state index is -4.20. The van der Waals surface area contributed by atoms with Crippen molar-refractivity contribution >= 4 is 10.1 Å². The van der Waals surface area contributed by atoms with Gasteiger partial charge in [-0.1, -0.05) is 36.4 Å². The summed E-state index contributed by atoms with van der Waals surface area (Å²) in [7, 11) is -4.20. The molecule has 0 amide bonds. The second-order valence-corrected chi connectivity index (χ2v) is 4.97. The summed E-state index contributed by atoms with van der Waals surface area (Å²) in [5.41, 5.74) is 3.28. The molecule has 79 valence electrons. The maximum Gasteiger partial charge on any atom is 0.295 e. The molecule has 0 unspecified atom stereocenters. The van der Waals surface area contributed by atoms with Gasteiger partial charge in [0.25, 0.3) is 10.1 Å². The predicted molar refractivity (Wildman–Crippen MR) is 59.5 cm³/mol. The van der Waals surface area contributed by atoms with Crippen molar-refractivity contribution in [1.82, 2.24) is 0 Å². The Morgan fingerprint density at radius 2 is 1.69 bits per heavy atom. The first-order valence-corrected chi connectivity index (χ1v) is 6.15. The predicted octanol–water partition coefficient (Wildman–Crippen LogP) is 2.38. The third kappa shape index (κ3) is 1.14. The van der Waals surface area contributed by atoms with E-state index in [-0.39, 0.29) is 4.90 Å². The lowest BCUT2D eigenvalue weighted by molar-refractivity contribution is 0.483. The zero-order valence-corrected chi connectivity index (χ0v) is 8.95. The van der Waals surface area contributed by atoms with E-state index in [0.29, 0.717) is 5.56 Å². The molecule has 2 aromatic carbocycles. The van der Waals surface area contributed by atoms with Crippen molar-refractivity contribution in [2.45, 2.75) is 4.90 Å². The molecule has 1 aliphatic carbocycles. The Bertz CT molecular complexity index is 687. The zero-order chi connectivity index (χ0) is 11.3. The summed E-state index contributed by atoms with van der Waals surface area (Å²) in [5.74, 6) is 0. The van der Waals surface area contributed by atoms with Crippen LogP contribution in [-0.4, -0.2) is 13.0 Å². The van der Waals surface area contributed by atoms with Gasteiger partial charge in [-0.15, -0.1) is 0 Å². The van der Waals surface area contributed by atoms with E-state index in [1.165, 1.54) is 6.07 Å². The lowest BCUT2D eigenvalue weighted by Crippen LogP contribution is -2.07. The smallest absolute Gasteiger partial charge is 0.282 e. The van der Waals surface area contributed by atoms with Crippen LogP contribution in [0.5, 0.6) is 0 Å². The van der Waals surface area contributed by atoms with Gasteiger partial charge in [0.15, 0.2) is 0 Å². The van der Waals surface area contributed by atoms with Crippen LogP contribution in [0, 0.1) is 6.07 Å². The van der Waals surface area contributed by atoms with Crippen molar-refractivity contribution in [1.29, 1.82) is 0 Å². The summed E-state index contributed by atoms with van der Waals surface area (Å²) in [4.78, 5) is -0.135. The summed E-state index contributed by atoms with van der Waals surface area (Å²) in [5, 5.41) is 0. The molecule has 1 radical (unpaired) electrons. The van der Waals surface area contributed by atoms with Crippen molar-refractivity contribution in [3.8, 4) is 22.3 Å². The molecule has 3 rings (SSSR count). The highest BCUT2D eigenvalue weighted by Crippen LogP contribution is 2.49. The number of fused-ring (bicyclic) bond motifs is 4. The van der Waals surface area contributed by atoms with Crippen LogP contribution in [0.15, 0.2) is 41.3 Å². The SMILES string of the molecule is O=S(=O)(O)c1[c]ccc2c1-c1ccccc1-2. The van der Waals surface area contributed by atoms with Gasteiger partial charge >= 0.3 is 0 Å². The molecular weight excluding hydrogens is 224 g/mol. The second-order valence-electron chi connectivity index (χ2n) is 3.62. The van der Waals surface area contributed by atoms with Crippen LogP contribution < -0.4 is 0 Å². The summed E-state index contributed by atoms with van der Waals surface area (Å²) >= 11 is 0. The monoisotopic (exact) mass is 231 g/mol. The molecule has 4 heteroatoms. The van der Waals surface area contributed by atoms with Crippen LogP contribution in [0.25, 0.3) is 22.3 Å². The molecule has 0 bridgehead atoms. The normalized spacial score (nSPS) is 12.6. The molecule has 0 fully saturated rings. The molecular formula is C12H7O3S. The minimum Gasteiger partial charge on any atom is -0.282 e. The van der Waals surface area contributed by atoms with E-state index in [2.05, 4.69) is 6.07 Å². The van der Waals surface area contributed by atoms with Gasteiger partial charge in [0.05, 0.1) is 0 Å². The molecule has 1 aliphatic rings. The molecule has 0 atom stereocenters. The van der Waals surface area contributed by atoms with Gasteiger partial charge in [-0.2, -0.15) is 8.42 Å². The van der Waals surface area contributed by atoms with E-state index in [4.69, 9.17) is 4.55 Å². The number of rotatable bonds is 1. The van der Waals surface area contributed by atoms with Crippen molar-refractivity contribution in [2.24, 2.45) is 0 Å². The first kappa shape index (κ1) is 9.57. The molecule has 3 nitrogen and oxygen atoms in total. The second kappa shape index (κ2) is 2.93. The Balaban J connectivity index is 2.35. The van der Waals surface area contributed by atoms with Crippen molar-refractivity contribution in [2.75, 3.05) is 0 Å². The van der Waals surface area contributed by atoms with Crippen LogP contribution in [-0.2, 0) is 10.1 Å². The number of benzene rings is 2. The van der Waals surface area contributed by atoms with E-state index in [1.54, 1.807) is 6.07 Å². The maximum atomic E-state index is 11.2. The quantitative estimate of drug-likeness (QED) is 0.654. The molecule has 16 heavy (non-hydrogen) atoms. The Labute approximate surface area is 93.1 Å². The molecule has 0 aromatic heterocycles. The van der Waals surface area contributed by atoms with E-state index in [1.807, 2.05) is 24.3 Å². The Morgan fingerprint density at radius 1 is 1.00 bits per heavy atom. The number of hydrogen-bond donors (Lipinski definition) is 1. The van der Waals surface area contributed by atoms with Gasteiger partial charge < -0.3 is 0 Å². The van der Waals surface area contributed by atoms with Crippen LogP contribution in [0.2, 0.25) is 0 Å². The highest BCUT2D eigenvalue weighted by atomic mass is 32.2. The third-order valence-electron chi connectivity index (χ3n) is 2.71. The van der Waals surface area contributed by atoms with E-state index >= 15 is 0 Å². The van der Waals surface area contributed by atoms with E-state index < -0.39 is 10.1 Å². The highest BCUT2D eigenvalue weighted by molar-refractivity contribution is 7.86. The van der Waals surface area contributed by atoms with Gasteiger partial charge in [-0.25, -0.2) is 0 Å². The zero-order valence-electron chi connectivity index (χ0n) is 8.14. The van der Waals surface area contributed by atoms with Gasteiger partial charge in [-0.3, -0.25) is 4.55 Å². The van der Waals surface area contributed by atoms with E-state index in [0.717, 1.165) is 16.7 Å². The average molecular weight is 231 g/mol. The Kier molecular flexibility index (Phi) is 1.75. The van der Waals surface area contributed by atoms with Gasteiger partial charge in [0, 0.05) is 11.6 Å². The maximum absolute atomic E-state index is 11.2. The summed E-state index contributed by atoms with van der Waals surface area (Å²) < 4.78 is 31.4. The summed E-state index contributed by atoms with van der Waals surface area (Å²) in [6.45, 7) is 0. The van der Waals surface area contributed by atoms with E-state index in [9.17, 15) is 8.42 Å². The standard InChI is InChI=1S/C12H7O3S/c13-16(14,15)11-7-3-6-10-8-4-1-2-5-9(8)12(10)11/h1-6H,(H,13,14,15). The first-order chi connectivity index (χ1) is 7.59. The largest absolute Gasteiger partial charge is 0.295 e. The molecule has 1 N–H and O–H groups in total. The molecule has 0 aliphatic heterocycles. The van der Waals surface area contributed by atoms with Crippen LogP contribution in [0.3, 0.4) is 0 Å². The lowest BCUT2D eigenvalue weighted by Gasteiger charge is -2.25. The molecule has 0 saturated heterocycles. The summed E-state index contributed by atoms with van der Waals surface area (Å²) in [6, 6.07) is 13.4. The van der Waals surface area contributed by atoms with Crippen molar-refractivity contribution in [3.63, 3.8) is 0 Å². The minimum absolute atomic E-state index is 0.135. The molecule has 0 spiro atoms. The van der Waals surface area contributed by atoms with Crippen molar-refractivity contribution in [3.05, 3.63) is 42.5 Å². The number of hydrogen-bond acceptors (Lipinski definition) is 2.